The molecule has 0 unspecified atom stereocenters. The summed E-state index contributed by atoms with van der Waals surface area (Å²) >= 11 is 0. The van der Waals surface area contributed by atoms with E-state index in [2.05, 4.69) is 133 Å². The highest BCUT2D eigenvalue weighted by atomic mass is 16.5. The second kappa shape index (κ2) is 7.81. The number of fused-ring (bicyclic) bond motifs is 12. The Bertz CT molecular complexity index is 1940. The molecule has 8 rings (SSSR count). The lowest BCUT2D eigenvalue weighted by Gasteiger charge is -2.14. The topological polar surface area (TPSA) is 9.23 Å². The lowest BCUT2D eigenvalue weighted by Crippen LogP contribution is -1.88. The highest BCUT2D eigenvalue weighted by Gasteiger charge is 2.12. The molecular weight excluding hydrogens is 448 g/mol. The van der Waals surface area contributed by atoms with E-state index in [1.54, 1.807) is 0 Å². The maximum absolute atomic E-state index is 6.52. The van der Waals surface area contributed by atoms with E-state index in [-0.39, 0.29) is 0 Å². The van der Waals surface area contributed by atoms with Crippen molar-refractivity contribution in [2.24, 2.45) is 0 Å². The van der Waals surface area contributed by atoms with Crippen LogP contribution in [-0.4, -0.2) is 0 Å². The van der Waals surface area contributed by atoms with Gasteiger partial charge >= 0.3 is 0 Å². The molecule has 8 aromatic carbocycles. The van der Waals surface area contributed by atoms with Crippen LogP contribution in [0.4, 0.5) is 0 Å². The second-order valence-corrected chi connectivity index (χ2v) is 9.70. The number of hydrogen-bond donors (Lipinski definition) is 0. The van der Waals surface area contributed by atoms with Gasteiger partial charge in [-0.2, -0.15) is 0 Å². The predicted octanol–water partition coefficient (Wildman–Crippen LogP) is 10.4. The molecule has 0 amide bonds. The van der Waals surface area contributed by atoms with Crippen LogP contribution in [0.15, 0.2) is 133 Å². The van der Waals surface area contributed by atoms with Crippen molar-refractivity contribution in [2.45, 2.75) is 0 Å². The molecular formula is C36H22O. The Balaban J connectivity index is 1.33. The van der Waals surface area contributed by atoms with E-state index in [0.29, 0.717) is 0 Å². The van der Waals surface area contributed by atoms with Crippen LogP contribution in [0.5, 0.6) is 11.5 Å². The van der Waals surface area contributed by atoms with E-state index in [4.69, 9.17) is 4.74 Å². The van der Waals surface area contributed by atoms with Crippen molar-refractivity contribution in [1.82, 2.24) is 0 Å². The summed E-state index contributed by atoms with van der Waals surface area (Å²) in [5.74, 6) is 1.69. The average Bonchev–Trinajstić information content (AvgIpc) is 2.97. The van der Waals surface area contributed by atoms with E-state index >= 15 is 0 Å². The molecule has 0 radical (unpaired) electrons. The molecule has 0 fully saturated rings. The third kappa shape index (κ3) is 3.04. The van der Waals surface area contributed by atoms with Crippen molar-refractivity contribution in [2.75, 3.05) is 0 Å². The SMILES string of the molecule is c1ccc2c(c1)c1ccccc1c1cc(Oc3ccc4c5ccccc5c5ccccc5c4c3)ccc21. The quantitative estimate of drug-likeness (QED) is 0.228. The Hall–Kier alpha value is -4.88. The van der Waals surface area contributed by atoms with E-state index in [1.165, 1.54) is 64.6 Å². The number of hydrogen-bond acceptors (Lipinski definition) is 1. The standard InChI is InChI=1S/C36H22O/c1-3-13-29-25(9-1)27-11-5-7-15-31(27)35-21-23(17-19-33(29)35)37-24-18-20-34-30-14-4-2-10-26(30)28-12-6-8-16-32(28)36(34)22-24/h1-22H. The largest absolute Gasteiger partial charge is 0.457 e. The van der Waals surface area contributed by atoms with Gasteiger partial charge in [0.1, 0.15) is 11.5 Å². The van der Waals surface area contributed by atoms with Crippen molar-refractivity contribution in [1.29, 1.82) is 0 Å². The van der Waals surface area contributed by atoms with Gasteiger partial charge in [0.15, 0.2) is 0 Å². The molecule has 0 aromatic heterocycles. The molecule has 1 nitrogen and oxygen atoms in total. The monoisotopic (exact) mass is 470 g/mol. The van der Waals surface area contributed by atoms with Gasteiger partial charge in [-0.25, -0.2) is 0 Å². The van der Waals surface area contributed by atoms with Crippen LogP contribution in [0, 0.1) is 0 Å². The molecule has 0 saturated heterocycles. The van der Waals surface area contributed by atoms with Gasteiger partial charge in [0, 0.05) is 0 Å². The fourth-order valence-corrected chi connectivity index (χ4v) is 6.04. The third-order valence-electron chi connectivity index (χ3n) is 7.67. The Kier molecular flexibility index (Phi) is 4.29. The first kappa shape index (κ1) is 20.3. The van der Waals surface area contributed by atoms with Crippen LogP contribution in [-0.2, 0) is 0 Å². The molecule has 172 valence electrons. The summed E-state index contributed by atoms with van der Waals surface area (Å²) in [6, 6.07) is 47.6. The van der Waals surface area contributed by atoms with E-state index < -0.39 is 0 Å². The molecule has 0 bridgehead atoms. The molecule has 1 heteroatoms. The fourth-order valence-electron chi connectivity index (χ4n) is 6.04. The van der Waals surface area contributed by atoms with Gasteiger partial charge in [0.25, 0.3) is 0 Å². The summed E-state index contributed by atoms with van der Waals surface area (Å²) in [6.45, 7) is 0. The minimum Gasteiger partial charge on any atom is -0.457 e. The zero-order chi connectivity index (χ0) is 24.3. The van der Waals surface area contributed by atoms with Crippen LogP contribution >= 0.6 is 0 Å². The lowest BCUT2D eigenvalue weighted by molar-refractivity contribution is 0.484. The zero-order valence-corrected chi connectivity index (χ0v) is 20.1. The van der Waals surface area contributed by atoms with Crippen LogP contribution in [0.1, 0.15) is 0 Å². The summed E-state index contributed by atoms with van der Waals surface area (Å²) in [4.78, 5) is 0. The van der Waals surface area contributed by atoms with Crippen molar-refractivity contribution in [3.8, 4) is 11.5 Å². The fraction of sp³-hybridized carbons (Fsp3) is 0. The van der Waals surface area contributed by atoms with Gasteiger partial charge in [-0.05, 0) is 88.9 Å². The van der Waals surface area contributed by atoms with Crippen LogP contribution < -0.4 is 4.74 Å². The molecule has 0 aliphatic rings. The predicted molar refractivity (Wildman–Crippen MR) is 158 cm³/mol. The third-order valence-corrected chi connectivity index (χ3v) is 7.67. The van der Waals surface area contributed by atoms with Crippen LogP contribution in [0.25, 0.3) is 64.6 Å². The Morgan fingerprint density at radius 1 is 0.243 bits per heavy atom. The molecule has 0 aliphatic carbocycles. The number of benzene rings is 8. The van der Waals surface area contributed by atoms with Gasteiger partial charge < -0.3 is 4.74 Å². The smallest absolute Gasteiger partial charge is 0.128 e. The highest BCUT2D eigenvalue weighted by Crippen LogP contribution is 2.39. The van der Waals surface area contributed by atoms with Crippen LogP contribution in [0.2, 0.25) is 0 Å². The number of ether oxygens (including phenoxy) is 1. The molecule has 8 aromatic rings. The van der Waals surface area contributed by atoms with Crippen molar-refractivity contribution in [3.05, 3.63) is 133 Å². The summed E-state index contributed by atoms with van der Waals surface area (Å²) < 4.78 is 6.52. The maximum Gasteiger partial charge on any atom is 0.128 e. The minimum absolute atomic E-state index is 0.845. The maximum atomic E-state index is 6.52. The highest BCUT2D eigenvalue weighted by molar-refractivity contribution is 6.26. The zero-order valence-electron chi connectivity index (χ0n) is 20.1. The van der Waals surface area contributed by atoms with Crippen LogP contribution in [0.3, 0.4) is 0 Å². The molecule has 0 heterocycles. The summed E-state index contributed by atoms with van der Waals surface area (Å²) in [7, 11) is 0. The Morgan fingerprint density at radius 3 is 0.784 bits per heavy atom. The molecule has 37 heavy (non-hydrogen) atoms. The first-order valence-corrected chi connectivity index (χ1v) is 12.7. The molecule has 0 spiro atoms. The molecule has 0 atom stereocenters. The summed E-state index contributed by atoms with van der Waals surface area (Å²) in [5, 5.41) is 15.1. The average molecular weight is 471 g/mol. The van der Waals surface area contributed by atoms with Gasteiger partial charge in [-0.3, -0.25) is 0 Å². The van der Waals surface area contributed by atoms with Crippen molar-refractivity contribution in [3.63, 3.8) is 0 Å². The molecule has 0 N–H and O–H groups in total. The lowest BCUT2D eigenvalue weighted by atomic mass is 9.94. The van der Waals surface area contributed by atoms with Gasteiger partial charge in [0.2, 0.25) is 0 Å². The van der Waals surface area contributed by atoms with Gasteiger partial charge in [0.05, 0.1) is 0 Å². The normalized spacial score (nSPS) is 11.8. The molecule has 0 saturated carbocycles. The summed E-state index contributed by atoms with van der Waals surface area (Å²) in [5.41, 5.74) is 0. The van der Waals surface area contributed by atoms with E-state index in [9.17, 15) is 0 Å². The van der Waals surface area contributed by atoms with Gasteiger partial charge in [-0.15, -0.1) is 0 Å². The first-order valence-electron chi connectivity index (χ1n) is 12.7. The second-order valence-electron chi connectivity index (χ2n) is 9.70. The van der Waals surface area contributed by atoms with E-state index in [0.717, 1.165) is 11.5 Å². The number of rotatable bonds is 2. The summed E-state index contributed by atoms with van der Waals surface area (Å²) in [6.07, 6.45) is 0. The minimum atomic E-state index is 0.845. The van der Waals surface area contributed by atoms with E-state index in [1.807, 2.05) is 0 Å². The first-order chi connectivity index (χ1) is 18.3. The van der Waals surface area contributed by atoms with Crippen molar-refractivity contribution >= 4 is 64.6 Å². The van der Waals surface area contributed by atoms with Crippen molar-refractivity contribution < 1.29 is 4.74 Å². The van der Waals surface area contributed by atoms with Gasteiger partial charge in [-0.1, -0.05) is 109 Å². The Labute approximate surface area is 214 Å². The Morgan fingerprint density at radius 2 is 0.486 bits per heavy atom. The molecule has 0 aliphatic heterocycles.